The van der Waals surface area contributed by atoms with E-state index in [1.165, 1.54) is 19.4 Å². The van der Waals surface area contributed by atoms with Crippen molar-refractivity contribution in [3.05, 3.63) is 18.2 Å². The van der Waals surface area contributed by atoms with Crippen molar-refractivity contribution < 1.29 is 0 Å². The van der Waals surface area contributed by atoms with Crippen molar-refractivity contribution in [1.82, 2.24) is 14.5 Å². The van der Waals surface area contributed by atoms with Crippen LogP contribution >= 0.6 is 0 Å². The minimum atomic E-state index is 0.377. The van der Waals surface area contributed by atoms with E-state index in [-0.39, 0.29) is 0 Å². The molecule has 0 saturated carbocycles. The first-order chi connectivity index (χ1) is 7.25. The number of hydrogen-bond acceptors (Lipinski definition) is 3. The van der Waals surface area contributed by atoms with Crippen molar-refractivity contribution in [3.8, 4) is 0 Å². The first kappa shape index (κ1) is 10.6. The highest BCUT2D eigenvalue weighted by Gasteiger charge is 2.15. The second-order valence-electron chi connectivity index (χ2n) is 4.37. The van der Waals surface area contributed by atoms with Crippen LogP contribution in [0.2, 0.25) is 0 Å². The average molecular weight is 208 g/mol. The molecule has 1 aromatic heterocycles. The Morgan fingerprint density at radius 2 is 2.40 bits per heavy atom. The zero-order chi connectivity index (χ0) is 10.7. The van der Waals surface area contributed by atoms with Gasteiger partial charge < -0.3 is 15.2 Å². The van der Waals surface area contributed by atoms with E-state index >= 15 is 0 Å². The second-order valence-corrected chi connectivity index (χ2v) is 4.37. The first-order valence-corrected chi connectivity index (χ1v) is 5.71. The molecule has 0 aliphatic carbocycles. The van der Waals surface area contributed by atoms with E-state index in [4.69, 9.17) is 5.73 Å². The lowest BCUT2D eigenvalue weighted by molar-refractivity contribution is 0.202. The molecule has 4 nitrogen and oxygen atoms in total. The summed E-state index contributed by atoms with van der Waals surface area (Å²) in [6.45, 7) is 6.40. The molecule has 1 saturated heterocycles. The van der Waals surface area contributed by atoms with Crippen LogP contribution in [0.5, 0.6) is 0 Å². The van der Waals surface area contributed by atoms with Gasteiger partial charge in [-0.2, -0.15) is 0 Å². The number of aryl methyl sites for hydroxylation is 1. The van der Waals surface area contributed by atoms with Gasteiger partial charge in [-0.25, -0.2) is 4.98 Å². The molecule has 84 valence electrons. The predicted octanol–water partition coefficient (Wildman–Crippen LogP) is 0.615. The highest BCUT2D eigenvalue weighted by molar-refractivity contribution is 4.88. The summed E-state index contributed by atoms with van der Waals surface area (Å²) in [5.74, 6) is 1.09. The molecule has 1 fully saturated rings. The molecule has 2 N–H and O–H groups in total. The van der Waals surface area contributed by atoms with Gasteiger partial charge in [0.25, 0.3) is 0 Å². The summed E-state index contributed by atoms with van der Waals surface area (Å²) in [4.78, 5) is 6.67. The summed E-state index contributed by atoms with van der Waals surface area (Å²) in [6.07, 6.45) is 6.32. The Hall–Kier alpha value is -0.870. The summed E-state index contributed by atoms with van der Waals surface area (Å²) < 4.78 is 2.19. The van der Waals surface area contributed by atoms with Gasteiger partial charge in [-0.1, -0.05) is 0 Å². The molecular formula is C11H20N4. The minimum Gasteiger partial charge on any atom is -0.334 e. The third kappa shape index (κ3) is 2.79. The van der Waals surface area contributed by atoms with Gasteiger partial charge in [0.15, 0.2) is 0 Å². The van der Waals surface area contributed by atoms with Crippen molar-refractivity contribution >= 4 is 0 Å². The van der Waals surface area contributed by atoms with Crippen LogP contribution in [-0.4, -0.2) is 40.1 Å². The fraction of sp³-hybridized carbons (Fsp3) is 0.727. The monoisotopic (exact) mass is 208 g/mol. The summed E-state index contributed by atoms with van der Waals surface area (Å²) in [7, 11) is 0. The van der Waals surface area contributed by atoms with Crippen LogP contribution in [0.1, 0.15) is 18.7 Å². The van der Waals surface area contributed by atoms with E-state index in [0.29, 0.717) is 6.04 Å². The molecular weight excluding hydrogens is 188 g/mol. The molecule has 0 unspecified atom stereocenters. The van der Waals surface area contributed by atoms with E-state index in [9.17, 15) is 0 Å². The quantitative estimate of drug-likeness (QED) is 0.792. The van der Waals surface area contributed by atoms with Gasteiger partial charge in [0.1, 0.15) is 5.82 Å². The maximum atomic E-state index is 5.94. The number of piperidine rings is 1. The van der Waals surface area contributed by atoms with Crippen LogP contribution in [-0.2, 0) is 6.54 Å². The van der Waals surface area contributed by atoms with E-state index in [2.05, 4.69) is 14.5 Å². The Labute approximate surface area is 91.1 Å². The van der Waals surface area contributed by atoms with E-state index in [1.54, 1.807) is 0 Å². The number of nitrogens with two attached hydrogens (primary N) is 1. The largest absolute Gasteiger partial charge is 0.334 e. The van der Waals surface area contributed by atoms with Crippen LogP contribution < -0.4 is 5.73 Å². The van der Waals surface area contributed by atoms with E-state index in [0.717, 1.165) is 25.5 Å². The lowest BCUT2D eigenvalue weighted by Gasteiger charge is -2.30. The molecule has 2 heterocycles. The standard InChI is InChI=1S/C11H20N4/c1-10-13-4-6-15(10)8-7-14-5-2-3-11(12)9-14/h4,6,11H,2-3,5,7-9,12H2,1H3/t11-/m1/s1. The lowest BCUT2D eigenvalue weighted by atomic mass is 10.1. The maximum Gasteiger partial charge on any atom is 0.105 e. The smallest absolute Gasteiger partial charge is 0.105 e. The molecule has 2 rings (SSSR count). The fourth-order valence-corrected chi connectivity index (χ4v) is 2.18. The normalized spacial score (nSPS) is 23.2. The third-order valence-electron chi connectivity index (χ3n) is 3.12. The van der Waals surface area contributed by atoms with Crippen molar-refractivity contribution in [2.24, 2.45) is 5.73 Å². The molecule has 1 aliphatic heterocycles. The number of imidazole rings is 1. The molecule has 1 aromatic rings. The number of hydrogen-bond donors (Lipinski definition) is 1. The topological polar surface area (TPSA) is 47.1 Å². The fourth-order valence-electron chi connectivity index (χ4n) is 2.18. The molecule has 0 bridgehead atoms. The van der Waals surface area contributed by atoms with Crippen LogP contribution in [0.3, 0.4) is 0 Å². The number of nitrogens with zero attached hydrogens (tertiary/aromatic N) is 3. The molecule has 4 heteroatoms. The van der Waals surface area contributed by atoms with Gasteiger partial charge in [0, 0.05) is 38.1 Å². The highest BCUT2D eigenvalue weighted by atomic mass is 15.2. The highest BCUT2D eigenvalue weighted by Crippen LogP contribution is 2.08. The Balaban J connectivity index is 1.80. The van der Waals surface area contributed by atoms with Crippen LogP contribution in [0.4, 0.5) is 0 Å². The van der Waals surface area contributed by atoms with Crippen molar-refractivity contribution in [3.63, 3.8) is 0 Å². The van der Waals surface area contributed by atoms with Gasteiger partial charge in [-0.15, -0.1) is 0 Å². The molecule has 0 radical (unpaired) electrons. The first-order valence-electron chi connectivity index (χ1n) is 5.71. The number of rotatable bonds is 3. The second kappa shape index (κ2) is 4.77. The maximum absolute atomic E-state index is 5.94. The van der Waals surface area contributed by atoms with Crippen molar-refractivity contribution in [2.75, 3.05) is 19.6 Å². The molecule has 0 amide bonds. The van der Waals surface area contributed by atoms with Crippen LogP contribution in [0.15, 0.2) is 12.4 Å². The van der Waals surface area contributed by atoms with E-state index in [1.807, 2.05) is 19.3 Å². The Morgan fingerprint density at radius 3 is 3.07 bits per heavy atom. The SMILES string of the molecule is Cc1nccn1CCN1CCC[C@@H](N)C1. The number of likely N-dealkylation sites (tertiary alicyclic amines) is 1. The summed E-state index contributed by atoms with van der Waals surface area (Å²) >= 11 is 0. The lowest BCUT2D eigenvalue weighted by Crippen LogP contribution is -2.43. The van der Waals surface area contributed by atoms with E-state index < -0.39 is 0 Å². The molecule has 0 spiro atoms. The average Bonchev–Trinajstić information content (AvgIpc) is 2.61. The predicted molar refractivity (Wildman–Crippen MR) is 60.6 cm³/mol. The van der Waals surface area contributed by atoms with Crippen LogP contribution in [0.25, 0.3) is 0 Å². The molecule has 1 aliphatic rings. The Kier molecular flexibility index (Phi) is 3.38. The molecule has 0 aromatic carbocycles. The summed E-state index contributed by atoms with van der Waals surface area (Å²) in [5.41, 5.74) is 5.94. The minimum absolute atomic E-state index is 0.377. The summed E-state index contributed by atoms with van der Waals surface area (Å²) in [6, 6.07) is 0.377. The van der Waals surface area contributed by atoms with Gasteiger partial charge in [-0.05, 0) is 26.3 Å². The molecule has 1 atom stereocenters. The van der Waals surface area contributed by atoms with Crippen molar-refractivity contribution in [1.29, 1.82) is 0 Å². The van der Waals surface area contributed by atoms with Crippen LogP contribution in [0, 0.1) is 6.92 Å². The van der Waals surface area contributed by atoms with Gasteiger partial charge in [0.2, 0.25) is 0 Å². The molecule has 15 heavy (non-hydrogen) atoms. The number of aromatic nitrogens is 2. The zero-order valence-corrected chi connectivity index (χ0v) is 9.39. The Bertz CT molecular complexity index is 307. The third-order valence-corrected chi connectivity index (χ3v) is 3.12. The zero-order valence-electron chi connectivity index (χ0n) is 9.39. The van der Waals surface area contributed by atoms with Crippen molar-refractivity contribution in [2.45, 2.75) is 32.4 Å². The summed E-state index contributed by atoms with van der Waals surface area (Å²) in [5, 5.41) is 0. The van der Waals surface area contributed by atoms with Gasteiger partial charge in [-0.3, -0.25) is 0 Å². The van der Waals surface area contributed by atoms with Gasteiger partial charge >= 0.3 is 0 Å². The Morgan fingerprint density at radius 1 is 1.53 bits per heavy atom. The van der Waals surface area contributed by atoms with Gasteiger partial charge in [0.05, 0.1) is 0 Å².